The van der Waals surface area contributed by atoms with Gasteiger partial charge in [0.15, 0.2) is 11.2 Å². The lowest BCUT2D eigenvalue weighted by atomic mass is 10.0. The molecule has 216 valence electrons. The molecule has 0 saturated heterocycles. The van der Waals surface area contributed by atoms with Crippen molar-refractivity contribution in [2.24, 2.45) is 0 Å². The quantitative estimate of drug-likeness (QED) is 0.0939. The second-order valence-electron chi connectivity index (χ2n) is 10.9. The summed E-state index contributed by atoms with van der Waals surface area (Å²) in [6.45, 7) is 4.54. The van der Waals surface area contributed by atoms with Crippen LogP contribution in [0.2, 0.25) is 0 Å². The summed E-state index contributed by atoms with van der Waals surface area (Å²) in [7, 11) is 1.74. The fraction of sp³-hybridized carbons (Fsp3) is 0.806. The molecule has 0 aliphatic carbocycles. The molecular formula is C31H56N6O. The van der Waals surface area contributed by atoms with E-state index in [4.69, 9.17) is 9.97 Å². The first-order chi connectivity index (χ1) is 18.7. The number of hydrogen-bond donors (Lipinski definition) is 3. The first-order valence-corrected chi connectivity index (χ1v) is 15.9. The van der Waals surface area contributed by atoms with Crippen LogP contribution in [-0.4, -0.2) is 27.0 Å². The van der Waals surface area contributed by atoms with E-state index in [1.54, 1.807) is 7.05 Å². The third-order valence-electron chi connectivity index (χ3n) is 7.47. The van der Waals surface area contributed by atoms with Gasteiger partial charge in [0.2, 0.25) is 5.95 Å². The molecule has 0 saturated carbocycles. The number of fused-ring (bicyclic) bond motifs is 1. The fourth-order valence-electron chi connectivity index (χ4n) is 5.16. The molecule has 2 aromatic heterocycles. The zero-order valence-electron chi connectivity index (χ0n) is 24.8. The van der Waals surface area contributed by atoms with Crippen molar-refractivity contribution < 1.29 is 0 Å². The van der Waals surface area contributed by atoms with Crippen LogP contribution in [0.1, 0.15) is 154 Å². The molecule has 2 heterocycles. The van der Waals surface area contributed by atoms with Gasteiger partial charge in [0.25, 0.3) is 5.56 Å². The van der Waals surface area contributed by atoms with E-state index in [1.165, 1.54) is 116 Å². The first-order valence-electron chi connectivity index (χ1n) is 15.9. The molecule has 0 fully saturated rings. The summed E-state index contributed by atoms with van der Waals surface area (Å²) in [6.07, 6.45) is 28.1. The molecular weight excluding hydrogens is 472 g/mol. The Hall–Kier alpha value is -2.02. The predicted octanol–water partition coefficient (Wildman–Crippen LogP) is 8.19. The van der Waals surface area contributed by atoms with Crippen molar-refractivity contribution in [1.29, 1.82) is 0 Å². The summed E-state index contributed by atoms with van der Waals surface area (Å²) in [5.41, 5.74) is 8.22. The lowest BCUT2D eigenvalue weighted by Gasteiger charge is -2.11. The van der Waals surface area contributed by atoms with Gasteiger partial charge in [0.1, 0.15) is 0 Å². The monoisotopic (exact) mass is 528 g/mol. The molecule has 0 atom stereocenters. The van der Waals surface area contributed by atoms with Crippen molar-refractivity contribution in [2.45, 2.75) is 155 Å². The molecule has 3 N–H and O–H groups in total. The maximum Gasteiger partial charge on any atom is 0.280 e. The molecule has 0 aliphatic rings. The topological polar surface area (TPSA) is 95.6 Å². The number of aryl methyl sites for hydroxylation is 2. The molecule has 38 heavy (non-hydrogen) atoms. The molecule has 0 amide bonds. The Morgan fingerprint density at radius 2 is 1.00 bits per heavy atom. The van der Waals surface area contributed by atoms with Gasteiger partial charge in [-0.3, -0.25) is 15.2 Å². The summed E-state index contributed by atoms with van der Waals surface area (Å²) in [4.78, 5) is 29.5. The Morgan fingerprint density at radius 1 is 0.579 bits per heavy atom. The number of aromatic nitrogens is 4. The number of aromatic amines is 1. The van der Waals surface area contributed by atoms with E-state index in [-0.39, 0.29) is 5.56 Å². The van der Waals surface area contributed by atoms with Gasteiger partial charge in [-0.2, -0.15) is 4.98 Å². The van der Waals surface area contributed by atoms with E-state index < -0.39 is 0 Å². The molecule has 0 aliphatic heterocycles. The SMILES string of the molecule is CCCCCCCCCCCCc1nc2nc(NNC)[nH]c(=O)c2nc1CCCCCCCCCCCC. The molecule has 0 spiro atoms. The second kappa shape index (κ2) is 20.9. The van der Waals surface area contributed by atoms with E-state index >= 15 is 0 Å². The van der Waals surface area contributed by atoms with Gasteiger partial charge in [-0.05, 0) is 25.7 Å². The number of rotatable bonds is 24. The van der Waals surface area contributed by atoms with Crippen LogP contribution in [0.25, 0.3) is 11.2 Å². The van der Waals surface area contributed by atoms with Crippen LogP contribution in [0.4, 0.5) is 5.95 Å². The number of nitrogens with zero attached hydrogens (tertiary/aromatic N) is 3. The number of anilines is 1. The van der Waals surface area contributed by atoms with Crippen LogP contribution in [-0.2, 0) is 12.8 Å². The van der Waals surface area contributed by atoms with Gasteiger partial charge in [0.05, 0.1) is 11.4 Å². The zero-order valence-corrected chi connectivity index (χ0v) is 24.8. The normalized spacial score (nSPS) is 11.4. The van der Waals surface area contributed by atoms with Gasteiger partial charge >= 0.3 is 0 Å². The minimum absolute atomic E-state index is 0.241. The highest BCUT2D eigenvalue weighted by atomic mass is 16.1. The number of nitrogens with one attached hydrogen (secondary N) is 3. The van der Waals surface area contributed by atoms with Crippen molar-refractivity contribution in [2.75, 3.05) is 12.5 Å². The Balaban J connectivity index is 1.86. The van der Waals surface area contributed by atoms with Crippen LogP contribution < -0.4 is 16.4 Å². The van der Waals surface area contributed by atoms with Crippen LogP contribution in [0.3, 0.4) is 0 Å². The average Bonchev–Trinajstić information content (AvgIpc) is 2.91. The van der Waals surface area contributed by atoms with Crippen LogP contribution in [0, 0.1) is 0 Å². The molecule has 0 unspecified atom stereocenters. The largest absolute Gasteiger partial charge is 0.291 e. The zero-order chi connectivity index (χ0) is 27.3. The van der Waals surface area contributed by atoms with E-state index in [0.29, 0.717) is 17.1 Å². The second-order valence-corrected chi connectivity index (χ2v) is 10.9. The van der Waals surface area contributed by atoms with Crippen molar-refractivity contribution in [3.8, 4) is 0 Å². The number of H-pyrrole nitrogens is 1. The molecule has 2 rings (SSSR count). The highest BCUT2D eigenvalue weighted by Crippen LogP contribution is 2.18. The van der Waals surface area contributed by atoms with Crippen molar-refractivity contribution in [1.82, 2.24) is 25.4 Å². The molecule has 2 aromatic rings. The molecule has 0 bridgehead atoms. The molecule has 0 radical (unpaired) electrons. The predicted molar refractivity (Wildman–Crippen MR) is 162 cm³/mol. The van der Waals surface area contributed by atoms with E-state index in [0.717, 1.165) is 37.1 Å². The summed E-state index contributed by atoms with van der Waals surface area (Å²) in [5.74, 6) is 0.367. The van der Waals surface area contributed by atoms with Crippen LogP contribution in [0.15, 0.2) is 4.79 Å². The highest BCUT2D eigenvalue weighted by Gasteiger charge is 2.13. The van der Waals surface area contributed by atoms with Crippen molar-refractivity contribution in [3.63, 3.8) is 0 Å². The molecule has 0 aromatic carbocycles. The summed E-state index contributed by atoms with van der Waals surface area (Å²) in [5, 5.41) is 0. The van der Waals surface area contributed by atoms with Gasteiger partial charge in [-0.15, -0.1) is 0 Å². The fourth-order valence-corrected chi connectivity index (χ4v) is 5.16. The molecule has 7 nitrogen and oxygen atoms in total. The summed E-state index contributed by atoms with van der Waals surface area (Å²) in [6, 6.07) is 0. The highest BCUT2D eigenvalue weighted by molar-refractivity contribution is 5.70. The van der Waals surface area contributed by atoms with E-state index in [2.05, 4.69) is 34.7 Å². The Morgan fingerprint density at radius 3 is 1.45 bits per heavy atom. The number of unbranched alkanes of at least 4 members (excludes halogenated alkanes) is 18. The smallest absolute Gasteiger partial charge is 0.280 e. The lowest BCUT2D eigenvalue weighted by molar-refractivity contribution is 0.551. The summed E-state index contributed by atoms with van der Waals surface area (Å²) >= 11 is 0. The van der Waals surface area contributed by atoms with Crippen molar-refractivity contribution in [3.05, 3.63) is 21.7 Å². The average molecular weight is 529 g/mol. The van der Waals surface area contributed by atoms with Gasteiger partial charge in [-0.25, -0.2) is 15.4 Å². The minimum atomic E-state index is -0.241. The lowest BCUT2D eigenvalue weighted by Crippen LogP contribution is -2.22. The van der Waals surface area contributed by atoms with E-state index in [1.807, 2.05) is 0 Å². The number of hydrogen-bond acceptors (Lipinski definition) is 6. The van der Waals surface area contributed by atoms with Crippen LogP contribution in [0.5, 0.6) is 0 Å². The van der Waals surface area contributed by atoms with E-state index in [9.17, 15) is 4.79 Å². The Bertz CT molecular complexity index is 928. The van der Waals surface area contributed by atoms with Gasteiger partial charge < -0.3 is 0 Å². The maximum absolute atomic E-state index is 12.7. The van der Waals surface area contributed by atoms with Gasteiger partial charge in [0, 0.05) is 7.05 Å². The van der Waals surface area contributed by atoms with Crippen molar-refractivity contribution >= 4 is 17.1 Å². The third kappa shape index (κ3) is 13.2. The van der Waals surface area contributed by atoms with Gasteiger partial charge in [-0.1, -0.05) is 129 Å². The number of hydrazine groups is 1. The standard InChI is InChI=1S/C31H56N6O/c1-4-6-8-10-12-14-16-18-20-22-24-26-27(25-23-21-19-17-15-13-11-9-7-5-2)34-29-28(33-26)30(38)36-31(35-29)37-32-3/h32H,4-25H2,1-3H3,(H2,34,35,36,37,38). The Labute approximate surface area is 231 Å². The maximum atomic E-state index is 12.7. The molecule has 7 heteroatoms. The third-order valence-corrected chi connectivity index (χ3v) is 7.47. The minimum Gasteiger partial charge on any atom is -0.291 e. The Kier molecular flexibility index (Phi) is 17.7. The summed E-state index contributed by atoms with van der Waals surface area (Å²) < 4.78 is 0. The first kappa shape index (κ1) is 32.2. The van der Waals surface area contributed by atoms with Crippen LogP contribution >= 0.6 is 0 Å².